The van der Waals surface area contributed by atoms with Gasteiger partial charge in [0, 0.05) is 0 Å². The molecule has 1 heteroatoms. The highest BCUT2D eigenvalue weighted by molar-refractivity contribution is 6.59. The standard InChI is InChI=1S/3C10H13.Al/c3*1-9(2)8-10-6-4-3-5-7-10;/h3*3-7,9H,1,8H2,2H3;. The van der Waals surface area contributed by atoms with Gasteiger partial charge in [0.05, 0.1) is 0 Å². The smallest absolute Gasteiger partial charge is 0.0909 e. The molecule has 0 fully saturated rings. The molecule has 0 N–H and O–H groups in total. The molecule has 0 aromatic heterocycles. The molecule has 0 aliphatic carbocycles. The molecule has 3 aromatic carbocycles. The van der Waals surface area contributed by atoms with Crippen LogP contribution in [0.1, 0.15) is 37.5 Å². The van der Waals surface area contributed by atoms with Gasteiger partial charge in [-0.05, 0) is 36.0 Å². The van der Waals surface area contributed by atoms with Crippen molar-refractivity contribution in [1.82, 2.24) is 0 Å². The van der Waals surface area contributed by atoms with E-state index in [1.54, 1.807) is 0 Å². The Morgan fingerprint density at radius 1 is 0.452 bits per heavy atom. The third kappa shape index (κ3) is 9.06. The molecule has 0 spiro atoms. The van der Waals surface area contributed by atoms with Gasteiger partial charge in [0.1, 0.15) is 0 Å². The molecule has 3 unspecified atom stereocenters. The summed E-state index contributed by atoms with van der Waals surface area (Å²) in [6, 6.07) is 33.2. The van der Waals surface area contributed by atoms with Gasteiger partial charge in [-0.1, -0.05) is 145 Å². The van der Waals surface area contributed by atoms with E-state index in [1.165, 1.54) is 51.8 Å². The van der Waals surface area contributed by atoms with Crippen molar-refractivity contribution in [1.29, 1.82) is 0 Å². The van der Waals surface area contributed by atoms with Crippen molar-refractivity contribution in [3.8, 4) is 0 Å². The van der Waals surface area contributed by atoms with E-state index in [-0.39, 0.29) is 0 Å². The molecule has 0 amide bonds. The van der Waals surface area contributed by atoms with Crippen LogP contribution in [0.2, 0.25) is 15.8 Å². The third-order valence-corrected chi connectivity index (χ3v) is 10.9. The Balaban J connectivity index is 1.60. The van der Waals surface area contributed by atoms with Gasteiger partial charge in [-0.25, -0.2) is 0 Å². The van der Waals surface area contributed by atoms with Crippen LogP contribution in [-0.2, 0) is 19.3 Å². The van der Waals surface area contributed by atoms with E-state index in [0.717, 1.165) is 17.8 Å². The summed E-state index contributed by atoms with van der Waals surface area (Å²) in [5.41, 5.74) is 4.49. The minimum atomic E-state index is -0.831. The van der Waals surface area contributed by atoms with E-state index in [2.05, 4.69) is 112 Å². The van der Waals surface area contributed by atoms with Crippen LogP contribution >= 0.6 is 0 Å². The first kappa shape index (κ1) is 23.8. The summed E-state index contributed by atoms with van der Waals surface area (Å²) in [6.45, 7) is 7.45. The van der Waals surface area contributed by atoms with Crippen molar-refractivity contribution >= 4 is 14.1 Å². The molecule has 0 heterocycles. The molecule has 0 nitrogen and oxygen atoms in total. The van der Waals surface area contributed by atoms with E-state index < -0.39 is 14.1 Å². The fourth-order valence-corrected chi connectivity index (χ4v) is 9.79. The summed E-state index contributed by atoms with van der Waals surface area (Å²) < 4.78 is 0. The molecule has 0 aliphatic rings. The summed E-state index contributed by atoms with van der Waals surface area (Å²) in [4.78, 5) is 0. The first-order chi connectivity index (χ1) is 15.1. The van der Waals surface area contributed by atoms with Crippen LogP contribution in [0.3, 0.4) is 0 Å². The van der Waals surface area contributed by atoms with E-state index >= 15 is 0 Å². The van der Waals surface area contributed by atoms with Gasteiger partial charge in [0.2, 0.25) is 0 Å². The van der Waals surface area contributed by atoms with Crippen molar-refractivity contribution in [3.63, 3.8) is 0 Å². The number of hydrogen-bond acceptors (Lipinski definition) is 0. The lowest BCUT2D eigenvalue weighted by Gasteiger charge is -2.23. The monoisotopic (exact) mass is 426 g/mol. The van der Waals surface area contributed by atoms with Crippen LogP contribution in [0.15, 0.2) is 91.0 Å². The highest BCUT2D eigenvalue weighted by Crippen LogP contribution is 2.27. The van der Waals surface area contributed by atoms with Gasteiger partial charge in [-0.2, -0.15) is 0 Å². The lowest BCUT2D eigenvalue weighted by atomic mass is 10.0. The number of rotatable bonds is 12. The third-order valence-electron chi connectivity index (χ3n) is 6.49. The Morgan fingerprint density at radius 3 is 0.968 bits per heavy atom. The molecule has 0 saturated carbocycles. The first-order valence-electron chi connectivity index (χ1n) is 12.2. The van der Waals surface area contributed by atoms with Crippen LogP contribution < -0.4 is 0 Å². The SMILES string of the molecule is CC(Cc1ccccc1)[CH2][Al]([CH2]C(C)Cc1ccccc1)[CH2]C(C)Cc1ccccc1. The van der Waals surface area contributed by atoms with Crippen molar-refractivity contribution in [3.05, 3.63) is 108 Å². The molecule has 0 saturated heterocycles. The Bertz CT molecular complexity index is 726. The van der Waals surface area contributed by atoms with Crippen LogP contribution in [0.4, 0.5) is 0 Å². The maximum Gasteiger partial charge on any atom is 0.262 e. The molecule has 0 bridgehead atoms. The quantitative estimate of drug-likeness (QED) is 0.257. The summed E-state index contributed by atoms with van der Waals surface area (Å²) in [5.74, 6) is 2.35. The Kier molecular flexibility index (Phi) is 9.93. The second kappa shape index (κ2) is 12.9. The number of hydrogen-bond donors (Lipinski definition) is 0. The maximum atomic E-state index is 2.48. The van der Waals surface area contributed by atoms with Crippen molar-refractivity contribution < 1.29 is 0 Å². The van der Waals surface area contributed by atoms with Crippen molar-refractivity contribution in [2.75, 3.05) is 0 Å². The van der Waals surface area contributed by atoms with E-state index in [9.17, 15) is 0 Å². The van der Waals surface area contributed by atoms with Gasteiger partial charge < -0.3 is 0 Å². The fraction of sp³-hybridized carbons (Fsp3) is 0.400. The van der Waals surface area contributed by atoms with Gasteiger partial charge in [-0.3, -0.25) is 0 Å². The zero-order valence-electron chi connectivity index (χ0n) is 19.7. The fourth-order valence-electron chi connectivity index (χ4n) is 5.30. The van der Waals surface area contributed by atoms with Crippen LogP contribution in [0, 0.1) is 17.8 Å². The van der Waals surface area contributed by atoms with Gasteiger partial charge >= 0.3 is 0 Å². The highest BCUT2D eigenvalue weighted by atomic mass is 27.2. The zero-order chi connectivity index (χ0) is 21.9. The average Bonchev–Trinajstić information content (AvgIpc) is 2.75. The second-order valence-corrected chi connectivity index (χ2v) is 13.1. The molecule has 162 valence electrons. The summed E-state index contributed by atoms with van der Waals surface area (Å²) >= 11 is -0.831. The van der Waals surface area contributed by atoms with Crippen LogP contribution in [-0.4, -0.2) is 14.1 Å². The molecule has 0 radical (unpaired) electrons. The summed E-state index contributed by atoms with van der Waals surface area (Å²) in [5, 5.41) is 4.40. The van der Waals surface area contributed by atoms with Crippen molar-refractivity contribution in [2.45, 2.75) is 55.9 Å². The highest BCUT2D eigenvalue weighted by Gasteiger charge is 2.25. The molecule has 3 aromatic rings. The minimum Gasteiger partial charge on any atom is -0.0909 e. The first-order valence-corrected chi connectivity index (χ1v) is 14.6. The molecular formula is C30H39Al. The lowest BCUT2D eigenvalue weighted by Crippen LogP contribution is -2.24. The van der Waals surface area contributed by atoms with Gasteiger partial charge in [-0.15, -0.1) is 0 Å². The lowest BCUT2D eigenvalue weighted by molar-refractivity contribution is 0.586. The Hall–Kier alpha value is -1.81. The Morgan fingerprint density at radius 2 is 0.710 bits per heavy atom. The zero-order valence-corrected chi connectivity index (χ0v) is 20.9. The Labute approximate surface area is 195 Å². The summed E-state index contributed by atoms with van der Waals surface area (Å²) in [7, 11) is 0. The predicted molar refractivity (Wildman–Crippen MR) is 138 cm³/mol. The topological polar surface area (TPSA) is 0 Å². The van der Waals surface area contributed by atoms with Gasteiger partial charge in [0.15, 0.2) is 0 Å². The van der Waals surface area contributed by atoms with Crippen LogP contribution in [0.5, 0.6) is 0 Å². The van der Waals surface area contributed by atoms with Crippen molar-refractivity contribution in [2.24, 2.45) is 17.8 Å². The normalized spacial score (nSPS) is 14.0. The molecular weight excluding hydrogens is 387 g/mol. The van der Waals surface area contributed by atoms with Gasteiger partial charge in [0.25, 0.3) is 14.1 Å². The molecule has 3 atom stereocenters. The minimum absolute atomic E-state index is 0.784. The average molecular weight is 427 g/mol. The largest absolute Gasteiger partial charge is 0.262 e. The van der Waals surface area contributed by atoms with Crippen LogP contribution in [0.25, 0.3) is 0 Å². The second-order valence-electron chi connectivity index (χ2n) is 9.96. The molecule has 3 rings (SSSR count). The van der Waals surface area contributed by atoms with E-state index in [0.29, 0.717) is 0 Å². The molecule has 31 heavy (non-hydrogen) atoms. The predicted octanol–water partition coefficient (Wildman–Crippen LogP) is 8.12. The maximum absolute atomic E-state index is 2.48. The van der Waals surface area contributed by atoms with E-state index in [1.807, 2.05) is 0 Å². The summed E-state index contributed by atoms with van der Waals surface area (Å²) in [6.07, 6.45) is 3.68. The van der Waals surface area contributed by atoms with E-state index in [4.69, 9.17) is 0 Å². The number of benzene rings is 3. The molecule has 0 aliphatic heterocycles.